The molecule has 2 nitrogen and oxygen atoms in total. The van der Waals surface area contributed by atoms with E-state index in [1.54, 1.807) is 0 Å². The van der Waals surface area contributed by atoms with Gasteiger partial charge in [0.15, 0.2) is 0 Å². The van der Waals surface area contributed by atoms with Crippen LogP contribution < -0.4 is 10.6 Å². The maximum atomic E-state index is 6.46. The molecule has 2 aromatic rings. The molecule has 4 heteroatoms. The van der Waals surface area contributed by atoms with Gasteiger partial charge >= 0.3 is 0 Å². The summed E-state index contributed by atoms with van der Waals surface area (Å²) < 4.78 is 0. The van der Waals surface area contributed by atoms with Gasteiger partial charge in [0.05, 0.1) is 0 Å². The largest absolute Gasteiger partial charge is 0.297 e. The second-order valence-electron chi connectivity index (χ2n) is 7.25. The van der Waals surface area contributed by atoms with Gasteiger partial charge in [-0.25, -0.2) is 0 Å². The van der Waals surface area contributed by atoms with Crippen LogP contribution in [0.4, 0.5) is 0 Å². The summed E-state index contributed by atoms with van der Waals surface area (Å²) >= 11 is 12.9. The van der Waals surface area contributed by atoms with E-state index >= 15 is 0 Å². The molecule has 140 valence electrons. The van der Waals surface area contributed by atoms with Crippen molar-refractivity contribution in [3.63, 3.8) is 0 Å². The van der Waals surface area contributed by atoms with Crippen LogP contribution in [0.1, 0.15) is 47.8 Å². The highest BCUT2D eigenvalue weighted by Gasteiger charge is 2.22. The molecule has 2 atom stereocenters. The molecule has 0 amide bonds. The number of rotatable bonds is 8. The van der Waals surface area contributed by atoms with Gasteiger partial charge in [-0.05, 0) is 61.7 Å². The lowest BCUT2D eigenvalue weighted by Crippen LogP contribution is -2.31. The lowest BCUT2D eigenvalue weighted by molar-refractivity contribution is 0.259. The highest BCUT2D eigenvalue weighted by atomic mass is 35.5. The Kier molecular flexibility index (Phi) is 7.82. The number of hydrogen-bond acceptors (Lipinski definition) is 2. The van der Waals surface area contributed by atoms with Crippen LogP contribution in [0.3, 0.4) is 0 Å². The Morgan fingerprint density at radius 1 is 0.654 bits per heavy atom. The summed E-state index contributed by atoms with van der Waals surface area (Å²) in [6.07, 6.45) is 5.04. The molecule has 1 aliphatic carbocycles. The summed E-state index contributed by atoms with van der Waals surface area (Å²) in [5, 5.41) is 6.97. The molecule has 0 saturated heterocycles. The average Bonchev–Trinajstić information content (AvgIpc) is 2.72. The third kappa shape index (κ3) is 5.99. The van der Waals surface area contributed by atoms with Crippen molar-refractivity contribution in [2.75, 3.05) is 13.1 Å². The molecule has 1 fully saturated rings. The van der Waals surface area contributed by atoms with E-state index in [2.05, 4.69) is 34.9 Å². The van der Waals surface area contributed by atoms with E-state index in [1.165, 1.54) is 25.7 Å². The first kappa shape index (κ1) is 19.7. The molecule has 0 bridgehead atoms. The van der Waals surface area contributed by atoms with E-state index in [-0.39, 0.29) is 11.0 Å². The highest BCUT2D eigenvalue weighted by Crippen LogP contribution is 2.29. The molecule has 2 N–H and O–H groups in total. The highest BCUT2D eigenvalue weighted by molar-refractivity contribution is 6.20. The average molecular weight is 391 g/mol. The fourth-order valence-electron chi connectivity index (χ4n) is 3.66. The molecule has 2 unspecified atom stereocenters. The monoisotopic (exact) mass is 390 g/mol. The van der Waals surface area contributed by atoms with E-state index in [9.17, 15) is 0 Å². The van der Waals surface area contributed by atoms with Crippen molar-refractivity contribution in [3.05, 3.63) is 71.8 Å². The van der Waals surface area contributed by atoms with Crippen molar-refractivity contribution >= 4 is 23.2 Å². The predicted octanol–water partition coefficient (Wildman–Crippen LogP) is 5.85. The Hall–Kier alpha value is -1.06. The van der Waals surface area contributed by atoms with Crippen LogP contribution in [0.25, 0.3) is 0 Å². The Balaban J connectivity index is 1.34. The molecule has 1 saturated carbocycles. The molecule has 2 aromatic carbocycles. The van der Waals surface area contributed by atoms with Crippen molar-refractivity contribution < 1.29 is 0 Å². The normalized spacial score (nSPS) is 22.7. The van der Waals surface area contributed by atoms with Crippen LogP contribution in [-0.4, -0.2) is 13.1 Å². The summed E-state index contributed by atoms with van der Waals surface area (Å²) in [5.74, 6) is 1.44. The van der Waals surface area contributed by atoms with Gasteiger partial charge in [-0.1, -0.05) is 60.7 Å². The van der Waals surface area contributed by atoms with Gasteiger partial charge in [-0.3, -0.25) is 10.6 Å². The standard InChI is InChI=1S/C22H28Cl2N2/c23-21(19-7-3-1-4-8-19)25-15-17-11-13-18(14-12-17)16-26-22(24)20-9-5-2-6-10-20/h1-10,17-18,21-22,25-26H,11-16H2. The maximum Gasteiger partial charge on any atom is 0.108 e. The lowest BCUT2D eigenvalue weighted by atomic mass is 9.82. The molecule has 26 heavy (non-hydrogen) atoms. The first-order valence-corrected chi connectivity index (χ1v) is 10.4. The third-order valence-corrected chi connectivity index (χ3v) is 6.13. The van der Waals surface area contributed by atoms with Crippen LogP contribution in [0.2, 0.25) is 0 Å². The van der Waals surface area contributed by atoms with Gasteiger partial charge in [0.1, 0.15) is 11.0 Å². The van der Waals surface area contributed by atoms with Gasteiger partial charge in [0.2, 0.25) is 0 Å². The first-order valence-electron chi connectivity index (χ1n) is 9.57. The third-order valence-electron chi connectivity index (χ3n) is 5.32. The second kappa shape index (κ2) is 10.3. The van der Waals surface area contributed by atoms with Gasteiger partial charge < -0.3 is 0 Å². The van der Waals surface area contributed by atoms with E-state index in [0.29, 0.717) is 0 Å². The van der Waals surface area contributed by atoms with Crippen molar-refractivity contribution in [3.8, 4) is 0 Å². The summed E-state index contributed by atoms with van der Waals surface area (Å²) in [6, 6.07) is 20.5. The molecule has 0 aromatic heterocycles. The number of hydrogen-bond donors (Lipinski definition) is 2. The Morgan fingerprint density at radius 3 is 1.35 bits per heavy atom. The van der Waals surface area contributed by atoms with E-state index in [0.717, 1.165) is 36.1 Å². The summed E-state index contributed by atoms with van der Waals surface area (Å²) in [5.41, 5.74) is 2.08. The SMILES string of the molecule is ClC(NCC1CCC(CNC(Cl)c2ccccc2)CC1)c1ccccc1. The van der Waals surface area contributed by atoms with Gasteiger partial charge in [0.25, 0.3) is 0 Å². The zero-order chi connectivity index (χ0) is 18.2. The zero-order valence-electron chi connectivity index (χ0n) is 15.1. The minimum atomic E-state index is -0.0986. The molecule has 0 radical (unpaired) electrons. The minimum Gasteiger partial charge on any atom is -0.297 e. The van der Waals surface area contributed by atoms with Crippen LogP contribution in [-0.2, 0) is 0 Å². The number of halogens is 2. The van der Waals surface area contributed by atoms with Crippen molar-refractivity contribution in [2.45, 2.75) is 36.7 Å². The van der Waals surface area contributed by atoms with Crippen LogP contribution in [0.15, 0.2) is 60.7 Å². The van der Waals surface area contributed by atoms with Crippen molar-refractivity contribution in [2.24, 2.45) is 11.8 Å². The Labute approximate surface area is 167 Å². The van der Waals surface area contributed by atoms with Gasteiger partial charge in [-0.2, -0.15) is 0 Å². The van der Waals surface area contributed by atoms with E-state index < -0.39 is 0 Å². The maximum absolute atomic E-state index is 6.46. The van der Waals surface area contributed by atoms with Crippen LogP contribution in [0, 0.1) is 11.8 Å². The van der Waals surface area contributed by atoms with E-state index in [4.69, 9.17) is 23.2 Å². The Morgan fingerprint density at radius 2 is 1.00 bits per heavy atom. The fraction of sp³-hybridized carbons (Fsp3) is 0.455. The Bertz CT molecular complexity index is 570. The molecule has 0 aliphatic heterocycles. The number of alkyl halides is 2. The second-order valence-corrected chi connectivity index (χ2v) is 8.12. The fourth-order valence-corrected chi connectivity index (χ4v) is 4.13. The zero-order valence-corrected chi connectivity index (χ0v) is 16.6. The molecule has 0 spiro atoms. The molecular formula is C22H28Cl2N2. The van der Waals surface area contributed by atoms with Crippen LogP contribution in [0.5, 0.6) is 0 Å². The molecule has 1 aliphatic rings. The smallest absolute Gasteiger partial charge is 0.108 e. The summed E-state index contributed by atoms with van der Waals surface area (Å²) in [7, 11) is 0. The lowest BCUT2D eigenvalue weighted by Gasteiger charge is -2.30. The van der Waals surface area contributed by atoms with Crippen molar-refractivity contribution in [1.82, 2.24) is 10.6 Å². The number of nitrogens with one attached hydrogen (secondary N) is 2. The summed E-state index contributed by atoms with van der Waals surface area (Å²) in [4.78, 5) is 0. The van der Waals surface area contributed by atoms with Crippen molar-refractivity contribution in [1.29, 1.82) is 0 Å². The molecule has 0 heterocycles. The molecule has 3 rings (SSSR count). The first-order chi connectivity index (χ1) is 12.7. The minimum absolute atomic E-state index is 0.0986. The van der Waals surface area contributed by atoms with Crippen LogP contribution >= 0.6 is 23.2 Å². The molecular weight excluding hydrogens is 363 g/mol. The van der Waals surface area contributed by atoms with Gasteiger partial charge in [-0.15, -0.1) is 23.2 Å². The number of benzene rings is 2. The van der Waals surface area contributed by atoms with E-state index in [1.807, 2.05) is 36.4 Å². The summed E-state index contributed by atoms with van der Waals surface area (Å²) in [6.45, 7) is 1.98. The quantitative estimate of drug-likeness (QED) is 0.436. The predicted molar refractivity (Wildman–Crippen MR) is 112 cm³/mol. The topological polar surface area (TPSA) is 24.1 Å². The van der Waals surface area contributed by atoms with Gasteiger partial charge in [0, 0.05) is 0 Å².